The molecule has 0 spiro atoms. The summed E-state index contributed by atoms with van der Waals surface area (Å²) in [5.74, 6) is 0. The van der Waals surface area contributed by atoms with E-state index in [1.807, 2.05) is 0 Å². The standard InChI is InChI=1S/C6H5N3O3S.Na/c10-13(11,12)9-7-5-3-1-2-4-6(5)8-9;/h1-4H,(H,10,11,12);/q;+1/p-1. The Morgan fingerprint density at radius 2 is 1.57 bits per heavy atom. The quantitative estimate of drug-likeness (QED) is 0.372. The minimum Gasteiger partial charge on any atom is -0.728 e. The van der Waals surface area contributed by atoms with Crippen molar-refractivity contribution in [1.29, 1.82) is 0 Å². The van der Waals surface area contributed by atoms with Gasteiger partial charge in [0, 0.05) is 0 Å². The number of hydrogen-bond acceptors (Lipinski definition) is 5. The number of rotatable bonds is 1. The van der Waals surface area contributed by atoms with Gasteiger partial charge >= 0.3 is 29.6 Å². The van der Waals surface area contributed by atoms with Crippen LogP contribution >= 0.6 is 0 Å². The second-order valence-electron chi connectivity index (χ2n) is 2.37. The molecule has 1 aromatic heterocycles. The zero-order chi connectivity index (χ0) is 9.47. The molecule has 2 rings (SSSR count). The first-order valence-electron chi connectivity index (χ1n) is 3.36. The Kier molecular flexibility index (Phi) is 3.28. The van der Waals surface area contributed by atoms with Crippen molar-refractivity contribution in [2.45, 2.75) is 0 Å². The zero-order valence-electron chi connectivity index (χ0n) is 7.28. The molecule has 0 bridgehead atoms. The smallest absolute Gasteiger partial charge is 0.728 e. The molecular weight excluding hydrogens is 217 g/mol. The Labute approximate surface area is 102 Å². The summed E-state index contributed by atoms with van der Waals surface area (Å²) in [5.41, 5.74) is 0.754. The second-order valence-corrected chi connectivity index (χ2v) is 3.55. The molecule has 0 atom stereocenters. The first-order chi connectivity index (χ1) is 6.07. The minimum atomic E-state index is -4.62. The van der Waals surface area contributed by atoms with Crippen molar-refractivity contribution in [2.75, 3.05) is 0 Å². The van der Waals surface area contributed by atoms with Crippen LogP contribution in [0.3, 0.4) is 0 Å². The normalized spacial score (nSPS) is 11.2. The fraction of sp³-hybridized carbons (Fsp3) is 0. The van der Waals surface area contributed by atoms with E-state index in [0.29, 0.717) is 11.0 Å². The first-order valence-corrected chi connectivity index (χ1v) is 4.72. The SMILES string of the molecule is O=S(=O)([O-])n1nc2ccccc2n1.[Na+]. The molecule has 0 amide bonds. The number of hydrogen-bond donors (Lipinski definition) is 0. The van der Waals surface area contributed by atoms with Crippen LogP contribution in [0.15, 0.2) is 24.3 Å². The van der Waals surface area contributed by atoms with E-state index in [1.54, 1.807) is 24.3 Å². The van der Waals surface area contributed by atoms with Crippen molar-refractivity contribution < 1.29 is 42.5 Å². The van der Waals surface area contributed by atoms with Crippen molar-refractivity contribution in [2.24, 2.45) is 0 Å². The Morgan fingerprint density at radius 3 is 1.93 bits per heavy atom. The van der Waals surface area contributed by atoms with E-state index in [2.05, 4.69) is 10.2 Å². The van der Waals surface area contributed by atoms with Gasteiger partial charge in [0.15, 0.2) is 0 Å². The van der Waals surface area contributed by atoms with Gasteiger partial charge in [0.2, 0.25) is 10.3 Å². The molecule has 1 heterocycles. The average Bonchev–Trinajstić information content (AvgIpc) is 2.45. The maximum absolute atomic E-state index is 10.5. The molecule has 0 aliphatic carbocycles. The Hall–Kier alpha value is -0.470. The van der Waals surface area contributed by atoms with E-state index in [9.17, 15) is 13.0 Å². The molecule has 0 radical (unpaired) electrons. The summed E-state index contributed by atoms with van der Waals surface area (Å²) in [4.78, 5) is 0. The molecule has 6 nitrogen and oxygen atoms in total. The van der Waals surface area contributed by atoms with Gasteiger partial charge in [-0.2, -0.15) is 0 Å². The third-order valence-corrected chi connectivity index (χ3v) is 2.03. The average molecular weight is 221 g/mol. The van der Waals surface area contributed by atoms with Gasteiger partial charge in [-0.1, -0.05) is 16.3 Å². The van der Waals surface area contributed by atoms with Crippen LogP contribution in [0.25, 0.3) is 11.0 Å². The Balaban J connectivity index is 0.000000980. The van der Waals surface area contributed by atoms with Crippen molar-refractivity contribution in [3.8, 4) is 0 Å². The number of fused-ring (bicyclic) bond motifs is 1. The van der Waals surface area contributed by atoms with Crippen LogP contribution in [0.4, 0.5) is 0 Å². The molecular formula is C6H4N3NaO3S. The third-order valence-electron chi connectivity index (χ3n) is 1.47. The molecule has 0 aliphatic rings. The van der Waals surface area contributed by atoms with E-state index >= 15 is 0 Å². The van der Waals surface area contributed by atoms with Gasteiger partial charge in [0.1, 0.15) is 11.0 Å². The van der Waals surface area contributed by atoms with E-state index in [4.69, 9.17) is 0 Å². The maximum atomic E-state index is 10.5. The van der Waals surface area contributed by atoms with Gasteiger partial charge in [-0.05, 0) is 12.1 Å². The van der Waals surface area contributed by atoms with E-state index in [1.165, 1.54) is 0 Å². The molecule has 14 heavy (non-hydrogen) atoms. The Morgan fingerprint density at radius 1 is 1.14 bits per heavy atom. The molecule has 1 aromatic carbocycles. The van der Waals surface area contributed by atoms with E-state index < -0.39 is 10.3 Å². The number of benzene rings is 1. The van der Waals surface area contributed by atoms with Crippen LogP contribution in [-0.4, -0.2) is 27.4 Å². The van der Waals surface area contributed by atoms with Crippen LogP contribution in [0.1, 0.15) is 0 Å². The van der Waals surface area contributed by atoms with Crippen molar-refractivity contribution in [1.82, 2.24) is 14.4 Å². The van der Waals surface area contributed by atoms with Crippen LogP contribution < -0.4 is 29.6 Å². The molecule has 0 unspecified atom stereocenters. The molecule has 0 saturated carbocycles. The molecule has 0 N–H and O–H groups in total. The van der Waals surface area contributed by atoms with Crippen LogP contribution in [0.2, 0.25) is 0 Å². The maximum Gasteiger partial charge on any atom is 1.00 e. The predicted molar refractivity (Wildman–Crippen MR) is 42.6 cm³/mol. The Bertz CT molecular complexity index is 517. The van der Waals surface area contributed by atoms with Gasteiger partial charge < -0.3 is 4.55 Å². The fourth-order valence-electron chi connectivity index (χ4n) is 0.940. The van der Waals surface area contributed by atoms with Crippen molar-refractivity contribution in [3.63, 3.8) is 0 Å². The largest absolute Gasteiger partial charge is 1.00 e. The van der Waals surface area contributed by atoms with Gasteiger partial charge in [-0.25, -0.2) is 8.42 Å². The summed E-state index contributed by atoms with van der Waals surface area (Å²) in [6.07, 6.45) is 0. The third kappa shape index (κ3) is 2.12. The monoisotopic (exact) mass is 221 g/mol. The molecule has 0 saturated heterocycles. The van der Waals surface area contributed by atoms with Gasteiger partial charge in [-0.15, -0.1) is 10.2 Å². The summed E-state index contributed by atoms with van der Waals surface area (Å²) in [7, 11) is -4.62. The van der Waals surface area contributed by atoms with Crippen molar-refractivity contribution >= 4 is 21.3 Å². The summed E-state index contributed by atoms with van der Waals surface area (Å²) in [5, 5.41) is 6.98. The first kappa shape index (κ1) is 11.6. The summed E-state index contributed by atoms with van der Waals surface area (Å²) >= 11 is 0. The molecule has 2 aromatic rings. The molecule has 8 heteroatoms. The number of aromatic nitrogens is 3. The predicted octanol–water partition coefficient (Wildman–Crippen LogP) is -3.26. The van der Waals surface area contributed by atoms with Gasteiger partial charge in [-0.3, -0.25) is 0 Å². The fourth-order valence-corrected chi connectivity index (χ4v) is 1.32. The van der Waals surface area contributed by atoms with Crippen molar-refractivity contribution in [3.05, 3.63) is 24.3 Å². The zero-order valence-corrected chi connectivity index (χ0v) is 10.1. The summed E-state index contributed by atoms with van der Waals surface area (Å²) < 4.78 is 31.6. The topological polar surface area (TPSA) is 87.9 Å². The van der Waals surface area contributed by atoms with Crippen LogP contribution in [0, 0.1) is 0 Å². The minimum absolute atomic E-state index is 0. The van der Waals surface area contributed by atoms with E-state index in [-0.39, 0.29) is 33.8 Å². The molecule has 0 fully saturated rings. The second kappa shape index (κ2) is 3.95. The molecule has 68 valence electrons. The molecule has 0 aliphatic heterocycles. The summed E-state index contributed by atoms with van der Waals surface area (Å²) in [6.45, 7) is 0. The van der Waals surface area contributed by atoms with Crippen LogP contribution in [0.5, 0.6) is 0 Å². The van der Waals surface area contributed by atoms with Crippen LogP contribution in [-0.2, 0) is 10.3 Å². The van der Waals surface area contributed by atoms with E-state index in [0.717, 1.165) is 0 Å². The summed E-state index contributed by atoms with van der Waals surface area (Å²) in [6, 6.07) is 6.51. The van der Waals surface area contributed by atoms with Gasteiger partial charge in [0.05, 0.1) is 0 Å². The van der Waals surface area contributed by atoms with Gasteiger partial charge in [0.25, 0.3) is 0 Å². The number of nitrogens with zero attached hydrogens (tertiary/aromatic N) is 3.